The van der Waals surface area contributed by atoms with E-state index in [1.165, 1.54) is 0 Å². The summed E-state index contributed by atoms with van der Waals surface area (Å²) in [4.78, 5) is 20.0. The van der Waals surface area contributed by atoms with Gasteiger partial charge in [0, 0.05) is 12.4 Å². The van der Waals surface area contributed by atoms with Crippen LogP contribution in [0.2, 0.25) is 0 Å². The van der Waals surface area contributed by atoms with Gasteiger partial charge < -0.3 is 5.32 Å². The van der Waals surface area contributed by atoms with Gasteiger partial charge in [0.25, 0.3) is 5.91 Å². The highest BCUT2D eigenvalue weighted by Gasteiger charge is 2.09. The number of carbonyl (C=O) groups excluding carboxylic acids is 1. The van der Waals surface area contributed by atoms with E-state index in [0.29, 0.717) is 16.7 Å². The number of amides is 1. The third-order valence-electron chi connectivity index (χ3n) is 2.16. The summed E-state index contributed by atoms with van der Waals surface area (Å²) in [6.45, 7) is 0.404. The molecule has 1 amide bonds. The molecule has 2 rings (SSSR count). The van der Waals surface area contributed by atoms with Crippen LogP contribution in [0.4, 0.5) is 0 Å². The van der Waals surface area contributed by atoms with Gasteiger partial charge >= 0.3 is 0 Å². The number of nitrogens with one attached hydrogen (secondary N) is 1. The molecule has 2 aromatic heterocycles. The smallest absolute Gasteiger partial charge is 0.254 e. The number of nitrogens with zero attached hydrogens (tertiary/aromatic N) is 2. The molecule has 0 bridgehead atoms. The Morgan fingerprint density at radius 2 is 2.00 bits per heavy atom. The molecular weight excluding hydrogens is 282 g/mol. The molecule has 0 aromatic carbocycles. The fourth-order valence-corrected chi connectivity index (χ4v) is 1.75. The van der Waals surface area contributed by atoms with Crippen molar-refractivity contribution in [1.29, 1.82) is 0 Å². The first-order valence-corrected chi connectivity index (χ1v) is 5.85. The van der Waals surface area contributed by atoms with Gasteiger partial charge in [-0.1, -0.05) is 6.07 Å². The molecule has 0 aliphatic carbocycles. The molecule has 0 saturated carbocycles. The second-order valence-electron chi connectivity index (χ2n) is 3.35. The van der Waals surface area contributed by atoms with Crippen molar-refractivity contribution in [3.8, 4) is 0 Å². The summed E-state index contributed by atoms with van der Waals surface area (Å²) in [6, 6.07) is 9.02. The van der Waals surface area contributed by atoms with Crippen LogP contribution in [-0.4, -0.2) is 15.9 Å². The van der Waals surface area contributed by atoms with Crippen LogP contribution in [0.5, 0.6) is 0 Å². The Kier molecular flexibility index (Phi) is 3.82. The van der Waals surface area contributed by atoms with E-state index in [0.717, 1.165) is 5.69 Å². The first kappa shape index (κ1) is 11.7. The quantitative estimate of drug-likeness (QED) is 0.882. The van der Waals surface area contributed by atoms with Crippen LogP contribution in [0.25, 0.3) is 0 Å². The van der Waals surface area contributed by atoms with Crippen molar-refractivity contribution >= 4 is 21.8 Å². The van der Waals surface area contributed by atoms with Crippen molar-refractivity contribution in [2.75, 3.05) is 0 Å². The third kappa shape index (κ3) is 3.10. The molecule has 0 atom stereocenters. The third-order valence-corrected chi connectivity index (χ3v) is 2.79. The Labute approximate surface area is 107 Å². The van der Waals surface area contributed by atoms with E-state index < -0.39 is 0 Å². The van der Waals surface area contributed by atoms with Gasteiger partial charge in [-0.15, -0.1) is 0 Å². The summed E-state index contributed by atoms with van der Waals surface area (Å²) < 4.78 is 0.540. The minimum atomic E-state index is -0.171. The maximum Gasteiger partial charge on any atom is 0.254 e. The summed E-state index contributed by atoms with van der Waals surface area (Å²) in [5.74, 6) is -0.171. The maximum atomic E-state index is 11.8. The number of pyridine rings is 2. The Hall–Kier alpha value is -1.75. The zero-order chi connectivity index (χ0) is 12.1. The highest BCUT2D eigenvalue weighted by molar-refractivity contribution is 9.10. The predicted molar refractivity (Wildman–Crippen MR) is 67.3 cm³/mol. The first-order chi connectivity index (χ1) is 8.27. The van der Waals surface area contributed by atoms with Crippen LogP contribution < -0.4 is 5.32 Å². The lowest BCUT2D eigenvalue weighted by atomic mass is 10.2. The summed E-state index contributed by atoms with van der Waals surface area (Å²) >= 11 is 3.24. The number of rotatable bonds is 3. The zero-order valence-corrected chi connectivity index (χ0v) is 10.5. The van der Waals surface area contributed by atoms with E-state index in [9.17, 15) is 4.79 Å². The number of carbonyl (C=O) groups is 1. The molecule has 4 nitrogen and oxygen atoms in total. The van der Waals surface area contributed by atoms with Crippen LogP contribution in [-0.2, 0) is 6.54 Å². The van der Waals surface area contributed by atoms with Crippen LogP contribution in [0.1, 0.15) is 16.1 Å². The van der Waals surface area contributed by atoms with E-state index in [-0.39, 0.29) is 5.91 Å². The van der Waals surface area contributed by atoms with Crippen molar-refractivity contribution in [2.24, 2.45) is 0 Å². The van der Waals surface area contributed by atoms with E-state index in [1.807, 2.05) is 18.2 Å². The number of hydrogen-bond acceptors (Lipinski definition) is 3. The van der Waals surface area contributed by atoms with Crippen molar-refractivity contribution in [1.82, 2.24) is 15.3 Å². The van der Waals surface area contributed by atoms with Crippen molar-refractivity contribution in [3.63, 3.8) is 0 Å². The molecule has 1 N–H and O–H groups in total. The molecular formula is C12H10BrN3O. The monoisotopic (exact) mass is 291 g/mol. The lowest BCUT2D eigenvalue weighted by molar-refractivity contribution is 0.0949. The summed E-state index contributed by atoms with van der Waals surface area (Å²) in [5.41, 5.74) is 1.34. The zero-order valence-electron chi connectivity index (χ0n) is 8.93. The van der Waals surface area contributed by atoms with Crippen molar-refractivity contribution < 1.29 is 4.79 Å². The van der Waals surface area contributed by atoms with Crippen LogP contribution in [0, 0.1) is 0 Å². The van der Waals surface area contributed by atoms with E-state index in [2.05, 4.69) is 31.2 Å². The molecule has 2 aromatic rings. The van der Waals surface area contributed by atoms with Crippen LogP contribution in [0.3, 0.4) is 0 Å². The topological polar surface area (TPSA) is 54.9 Å². The number of halogens is 1. The summed E-state index contributed by atoms with van der Waals surface area (Å²) in [6.07, 6.45) is 3.32. The standard InChI is InChI=1S/C12H10BrN3O/c13-11-10(5-3-7-15-11)12(17)16-8-9-4-1-2-6-14-9/h1-7H,8H2,(H,16,17). The normalized spacial score (nSPS) is 9.94. The minimum Gasteiger partial charge on any atom is -0.346 e. The Morgan fingerprint density at radius 3 is 2.71 bits per heavy atom. The maximum absolute atomic E-state index is 11.8. The molecule has 86 valence electrons. The van der Waals surface area contributed by atoms with Gasteiger partial charge in [0.05, 0.1) is 17.8 Å². The molecule has 0 spiro atoms. The highest BCUT2D eigenvalue weighted by Crippen LogP contribution is 2.12. The van der Waals surface area contributed by atoms with Gasteiger partial charge in [-0.05, 0) is 40.2 Å². The van der Waals surface area contributed by atoms with Gasteiger partial charge in [0.15, 0.2) is 0 Å². The summed E-state index contributed by atoms with van der Waals surface area (Å²) in [7, 11) is 0. The Morgan fingerprint density at radius 1 is 1.18 bits per heavy atom. The molecule has 0 saturated heterocycles. The van der Waals surface area contributed by atoms with Gasteiger partial charge in [-0.3, -0.25) is 9.78 Å². The largest absolute Gasteiger partial charge is 0.346 e. The van der Waals surface area contributed by atoms with E-state index in [1.54, 1.807) is 24.5 Å². The fraction of sp³-hybridized carbons (Fsp3) is 0.0833. The average Bonchev–Trinajstić information content (AvgIpc) is 2.38. The Bertz CT molecular complexity index is 516. The number of aromatic nitrogens is 2. The van der Waals surface area contributed by atoms with E-state index in [4.69, 9.17) is 0 Å². The van der Waals surface area contributed by atoms with Gasteiger partial charge in [0.1, 0.15) is 4.60 Å². The lowest BCUT2D eigenvalue weighted by Crippen LogP contribution is -2.23. The van der Waals surface area contributed by atoms with Crippen molar-refractivity contribution in [2.45, 2.75) is 6.54 Å². The first-order valence-electron chi connectivity index (χ1n) is 5.06. The number of hydrogen-bond donors (Lipinski definition) is 1. The SMILES string of the molecule is O=C(NCc1ccccn1)c1cccnc1Br. The van der Waals surface area contributed by atoms with Crippen molar-refractivity contribution in [3.05, 3.63) is 58.6 Å². The molecule has 0 aliphatic rings. The molecule has 0 radical (unpaired) electrons. The molecule has 0 aliphatic heterocycles. The molecule has 2 heterocycles. The second-order valence-corrected chi connectivity index (χ2v) is 4.10. The fourth-order valence-electron chi connectivity index (χ4n) is 1.32. The Balaban J connectivity index is 2.01. The van der Waals surface area contributed by atoms with Gasteiger partial charge in [-0.2, -0.15) is 0 Å². The molecule has 0 fully saturated rings. The highest BCUT2D eigenvalue weighted by atomic mass is 79.9. The van der Waals surface area contributed by atoms with Crippen LogP contribution in [0.15, 0.2) is 47.3 Å². The molecule has 5 heteroatoms. The van der Waals surface area contributed by atoms with Gasteiger partial charge in [-0.25, -0.2) is 4.98 Å². The molecule has 0 unspecified atom stereocenters. The average molecular weight is 292 g/mol. The minimum absolute atomic E-state index is 0.171. The second kappa shape index (κ2) is 5.54. The lowest BCUT2D eigenvalue weighted by Gasteiger charge is -2.05. The van der Waals surface area contributed by atoms with E-state index >= 15 is 0 Å². The summed E-state index contributed by atoms with van der Waals surface area (Å²) in [5, 5.41) is 2.78. The predicted octanol–water partition coefficient (Wildman–Crippen LogP) is 2.17. The van der Waals surface area contributed by atoms with Crippen LogP contribution >= 0.6 is 15.9 Å². The molecule has 17 heavy (non-hydrogen) atoms. The van der Waals surface area contributed by atoms with Gasteiger partial charge in [0.2, 0.25) is 0 Å².